The van der Waals surface area contributed by atoms with Crippen LogP contribution in [0, 0.1) is 10.1 Å². The molecule has 1 aromatic heterocycles. The Balaban J connectivity index is 1.80. The first kappa shape index (κ1) is 25.1. The Morgan fingerprint density at radius 3 is 1.86 bits per heavy atom. The molecule has 0 saturated heterocycles. The lowest BCUT2D eigenvalue weighted by atomic mass is 10.2. The fraction of sp³-hybridized carbons (Fsp3) is 0.0909. The summed E-state index contributed by atoms with van der Waals surface area (Å²) in [7, 11) is -4.35. The Kier molecular flexibility index (Phi) is 7.22. The van der Waals surface area contributed by atoms with E-state index in [0.29, 0.717) is 0 Å². The average molecular weight is 536 g/mol. The number of hydrogen-bond donors (Lipinski definition) is 1. The molecule has 9 nitrogen and oxygen atoms in total. The Morgan fingerprint density at radius 1 is 0.889 bits per heavy atom. The van der Waals surface area contributed by atoms with Crippen LogP contribution in [0.3, 0.4) is 0 Å². The number of rotatable bonds is 9. The second-order valence-electron chi connectivity index (χ2n) is 7.15. The van der Waals surface area contributed by atoms with Crippen LogP contribution in [0.25, 0.3) is 0 Å². The molecule has 0 aliphatic rings. The van der Waals surface area contributed by atoms with E-state index >= 15 is 0 Å². The van der Waals surface area contributed by atoms with E-state index in [4.69, 9.17) is 9.05 Å². The maximum atomic E-state index is 14.4. The van der Waals surface area contributed by atoms with Gasteiger partial charge in [0.2, 0.25) is 10.1 Å². The maximum absolute atomic E-state index is 14.4. The van der Waals surface area contributed by atoms with Crippen molar-refractivity contribution in [2.75, 3.05) is 5.32 Å². The van der Waals surface area contributed by atoms with Gasteiger partial charge in [0.25, 0.3) is 5.69 Å². The van der Waals surface area contributed by atoms with Gasteiger partial charge in [0.1, 0.15) is 11.5 Å². The molecule has 0 spiro atoms. The van der Waals surface area contributed by atoms with E-state index < -0.39 is 29.5 Å². The van der Waals surface area contributed by atoms with Crippen molar-refractivity contribution in [3.05, 3.63) is 106 Å². The predicted octanol–water partition coefficient (Wildman–Crippen LogP) is 6.93. The van der Waals surface area contributed by atoms with Crippen LogP contribution in [0.4, 0.5) is 24.0 Å². The van der Waals surface area contributed by atoms with Gasteiger partial charge in [0.15, 0.2) is 5.78 Å². The molecule has 0 saturated carbocycles. The third-order valence-electron chi connectivity index (χ3n) is 4.62. The molecular formula is C22H16F3N4O5PS. The lowest BCUT2D eigenvalue weighted by Gasteiger charge is -2.28. The summed E-state index contributed by atoms with van der Waals surface area (Å²) in [5.74, 6) is -1.09. The van der Waals surface area contributed by atoms with Gasteiger partial charge in [-0.15, -0.1) is 10.2 Å². The molecule has 3 aromatic carbocycles. The maximum Gasteiger partial charge on any atom is 0.457 e. The Morgan fingerprint density at radius 2 is 1.42 bits per heavy atom. The summed E-state index contributed by atoms with van der Waals surface area (Å²) >= 11 is 0.201. The van der Waals surface area contributed by atoms with Crippen molar-refractivity contribution in [1.29, 1.82) is 0 Å². The summed E-state index contributed by atoms with van der Waals surface area (Å²) in [6.07, 6.45) is -4.73. The SMILES string of the molecule is O=[N+]([O-])c1ccc([C@H](Nc2nnc(C(F)(F)F)s2)P(=O)(Oc2ccccc2)Oc2ccccc2)cc1. The molecule has 0 radical (unpaired) electrons. The van der Waals surface area contributed by atoms with Crippen LogP contribution in [0.15, 0.2) is 84.9 Å². The molecule has 0 aliphatic heterocycles. The van der Waals surface area contributed by atoms with Gasteiger partial charge in [0, 0.05) is 12.1 Å². The standard InChI is InChI=1S/C22H16F3N4O5PS/c23-22(24,25)20-27-28-21(36-20)26-19(15-11-13-16(14-12-15)29(30)31)35(32,33-17-7-3-1-4-8-17)34-18-9-5-2-6-10-18/h1-14,19H,(H,26,28)/t19-/m1/s1. The molecule has 0 unspecified atom stereocenters. The number of hydrogen-bond acceptors (Lipinski definition) is 9. The van der Waals surface area contributed by atoms with Gasteiger partial charge in [0.05, 0.1) is 4.92 Å². The van der Waals surface area contributed by atoms with Crippen molar-refractivity contribution >= 4 is 29.8 Å². The second-order valence-corrected chi connectivity index (χ2v) is 10.1. The van der Waals surface area contributed by atoms with E-state index in [9.17, 15) is 27.9 Å². The second kappa shape index (κ2) is 10.3. The van der Waals surface area contributed by atoms with Crippen molar-refractivity contribution in [2.24, 2.45) is 0 Å². The highest BCUT2D eigenvalue weighted by molar-refractivity contribution is 7.55. The van der Waals surface area contributed by atoms with Crippen LogP contribution in [-0.4, -0.2) is 15.1 Å². The van der Waals surface area contributed by atoms with Crippen molar-refractivity contribution in [3.8, 4) is 11.5 Å². The van der Waals surface area contributed by atoms with E-state index in [2.05, 4.69) is 15.5 Å². The van der Waals surface area contributed by atoms with Crippen molar-refractivity contribution in [2.45, 2.75) is 12.0 Å². The number of benzene rings is 3. The molecule has 0 amide bonds. The molecule has 1 heterocycles. The number of anilines is 1. The number of nitro benzene ring substituents is 1. The molecule has 36 heavy (non-hydrogen) atoms. The van der Waals surface area contributed by atoms with Gasteiger partial charge in [-0.05, 0) is 42.0 Å². The molecule has 14 heteroatoms. The zero-order valence-electron chi connectivity index (χ0n) is 18.0. The topological polar surface area (TPSA) is 116 Å². The number of alkyl halides is 3. The number of aromatic nitrogens is 2. The number of nitro groups is 1. The highest BCUT2D eigenvalue weighted by Crippen LogP contribution is 2.60. The molecule has 4 rings (SSSR count). The van der Waals surface area contributed by atoms with Crippen LogP contribution >= 0.6 is 18.9 Å². The number of nitrogens with one attached hydrogen (secondary N) is 1. The van der Waals surface area contributed by atoms with Gasteiger partial charge in [-0.2, -0.15) is 13.2 Å². The number of halogens is 3. The molecule has 0 fully saturated rings. The Bertz CT molecular complexity index is 1330. The zero-order valence-corrected chi connectivity index (χ0v) is 19.7. The minimum Gasteiger partial charge on any atom is -0.414 e. The van der Waals surface area contributed by atoms with E-state index in [0.717, 1.165) is 0 Å². The first-order valence-electron chi connectivity index (χ1n) is 10.1. The normalized spacial score (nSPS) is 12.5. The number of para-hydroxylation sites is 2. The molecule has 0 bridgehead atoms. The highest BCUT2D eigenvalue weighted by Gasteiger charge is 2.43. The molecule has 4 aromatic rings. The number of nitrogens with zero attached hydrogens (tertiary/aromatic N) is 3. The smallest absolute Gasteiger partial charge is 0.414 e. The summed E-state index contributed by atoms with van der Waals surface area (Å²) in [6.45, 7) is 0. The van der Waals surface area contributed by atoms with Gasteiger partial charge in [-0.25, -0.2) is 4.57 Å². The summed E-state index contributed by atoms with van der Waals surface area (Å²) < 4.78 is 65.3. The third kappa shape index (κ3) is 5.99. The fourth-order valence-corrected chi connectivity index (χ4v) is 5.64. The zero-order chi connectivity index (χ0) is 25.8. The van der Waals surface area contributed by atoms with Gasteiger partial charge < -0.3 is 14.4 Å². The molecular weight excluding hydrogens is 520 g/mol. The average Bonchev–Trinajstić information content (AvgIpc) is 3.33. The summed E-state index contributed by atoms with van der Waals surface area (Å²) in [5.41, 5.74) is -0.0601. The van der Waals surface area contributed by atoms with Crippen LogP contribution in [0.1, 0.15) is 16.4 Å². The van der Waals surface area contributed by atoms with Gasteiger partial charge in [-0.1, -0.05) is 47.7 Å². The van der Waals surface area contributed by atoms with Gasteiger partial charge >= 0.3 is 13.8 Å². The predicted molar refractivity (Wildman–Crippen MR) is 126 cm³/mol. The minimum atomic E-state index is -4.73. The van der Waals surface area contributed by atoms with E-state index in [1.807, 2.05) is 0 Å². The molecule has 0 aliphatic carbocycles. The first-order chi connectivity index (χ1) is 17.1. The fourth-order valence-electron chi connectivity index (χ4n) is 3.02. The van der Waals surface area contributed by atoms with Crippen LogP contribution < -0.4 is 14.4 Å². The minimum absolute atomic E-state index is 0.165. The lowest BCUT2D eigenvalue weighted by Crippen LogP contribution is -2.18. The summed E-state index contributed by atoms with van der Waals surface area (Å²) in [6, 6.07) is 21.0. The van der Waals surface area contributed by atoms with Crippen molar-refractivity contribution < 1.29 is 31.7 Å². The molecule has 186 valence electrons. The largest absolute Gasteiger partial charge is 0.457 e. The first-order valence-corrected chi connectivity index (χ1v) is 12.6. The lowest BCUT2D eigenvalue weighted by molar-refractivity contribution is -0.384. The summed E-state index contributed by atoms with van der Waals surface area (Å²) in [5, 5.41) is 18.9. The van der Waals surface area contributed by atoms with Crippen LogP contribution in [0.5, 0.6) is 11.5 Å². The number of non-ortho nitro benzene ring substituents is 1. The van der Waals surface area contributed by atoms with Crippen LogP contribution in [-0.2, 0) is 10.7 Å². The van der Waals surface area contributed by atoms with E-state index in [-0.39, 0.29) is 39.2 Å². The van der Waals surface area contributed by atoms with Crippen molar-refractivity contribution in [1.82, 2.24) is 10.2 Å². The Labute approximate surface area is 206 Å². The van der Waals surface area contributed by atoms with E-state index in [1.54, 1.807) is 36.4 Å². The monoisotopic (exact) mass is 536 g/mol. The Hall–Kier alpha value is -3.96. The van der Waals surface area contributed by atoms with Crippen LogP contribution in [0.2, 0.25) is 0 Å². The van der Waals surface area contributed by atoms with Gasteiger partial charge in [-0.3, -0.25) is 10.1 Å². The highest BCUT2D eigenvalue weighted by atomic mass is 32.1. The van der Waals surface area contributed by atoms with E-state index in [1.165, 1.54) is 48.5 Å². The molecule has 1 N–H and O–H groups in total. The third-order valence-corrected chi connectivity index (χ3v) is 7.50. The van der Waals surface area contributed by atoms with Crippen molar-refractivity contribution in [3.63, 3.8) is 0 Å². The quantitative estimate of drug-likeness (QED) is 0.139. The summed E-state index contributed by atoms with van der Waals surface area (Å²) in [4.78, 5) is 10.5. The molecule has 1 atom stereocenters.